The second-order valence-corrected chi connectivity index (χ2v) is 8.45. The number of piperidine rings is 1. The summed E-state index contributed by atoms with van der Waals surface area (Å²) in [6, 6.07) is 8.01. The van der Waals surface area contributed by atoms with Gasteiger partial charge >= 0.3 is 0 Å². The van der Waals surface area contributed by atoms with E-state index in [0.717, 1.165) is 69.6 Å². The van der Waals surface area contributed by atoms with Gasteiger partial charge in [0.2, 0.25) is 11.8 Å². The first-order chi connectivity index (χ1) is 13.0. The fraction of sp³-hybridized carbons (Fsp3) is 0.636. The van der Waals surface area contributed by atoms with E-state index in [2.05, 4.69) is 17.0 Å². The number of amides is 2. The van der Waals surface area contributed by atoms with E-state index >= 15 is 0 Å². The third-order valence-electron chi connectivity index (χ3n) is 6.97. The molecule has 1 aromatic rings. The average Bonchev–Trinajstić information content (AvgIpc) is 3.37. The number of hydrogen-bond donors (Lipinski definition) is 0. The van der Waals surface area contributed by atoms with Crippen molar-refractivity contribution in [2.75, 3.05) is 33.3 Å². The van der Waals surface area contributed by atoms with E-state index in [9.17, 15) is 9.59 Å². The van der Waals surface area contributed by atoms with Crippen molar-refractivity contribution < 1.29 is 14.3 Å². The lowest BCUT2D eigenvalue weighted by Crippen LogP contribution is -2.41. The van der Waals surface area contributed by atoms with Gasteiger partial charge in [-0.15, -0.1) is 0 Å². The zero-order valence-electron chi connectivity index (χ0n) is 16.4. The molecule has 0 spiro atoms. The Kier molecular flexibility index (Phi) is 4.87. The van der Waals surface area contributed by atoms with Crippen molar-refractivity contribution in [3.63, 3.8) is 0 Å². The van der Waals surface area contributed by atoms with E-state index in [0.29, 0.717) is 17.7 Å². The summed E-state index contributed by atoms with van der Waals surface area (Å²) in [5.41, 5.74) is 0.839. The smallest absolute Gasteiger partial charge is 0.233 e. The summed E-state index contributed by atoms with van der Waals surface area (Å²) in [5, 5.41) is 0. The lowest BCUT2D eigenvalue weighted by Gasteiger charge is -2.34. The van der Waals surface area contributed by atoms with Crippen LogP contribution < -0.4 is 4.74 Å². The molecule has 3 aliphatic rings. The molecule has 1 atom stereocenters. The van der Waals surface area contributed by atoms with Gasteiger partial charge in [-0.2, -0.15) is 0 Å². The van der Waals surface area contributed by atoms with Crippen molar-refractivity contribution in [2.45, 2.75) is 44.4 Å². The Bertz CT molecular complexity index is 703. The largest absolute Gasteiger partial charge is 0.497 e. The van der Waals surface area contributed by atoms with Crippen LogP contribution in [0.15, 0.2) is 24.3 Å². The van der Waals surface area contributed by atoms with Crippen LogP contribution >= 0.6 is 0 Å². The highest BCUT2D eigenvalue weighted by molar-refractivity contribution is 5.91. The van der Waals surface area contributed by atoms with Crippen LogP contribution in [0.1, 0.15) is 44.6 Å². The first-order valence-corrected chi connectivity index (χ1v) is 10.2. The van der Waals surface area contributed by atoms with Gasteiger partial charge in [0.25, 0.3) is 0 Å². The molecule has 146 valence electrons. The van der Waals surface area contributed by atoms with E-state index in [1.54, 1.807) is 14.0 Å². The molecular formula is C22H30N2O3. The lowest BCUT2D eigenvalue weighted by atomic mass is 9.83. The van der Waals surface area contributed by atoms with Crippen LogP contribution in [0.2, 0.25) is 0 Å². The molecule has 0 radical (unpaired) electrons. The van der Waals surface area contributed by atoms with Crippen LogP contribution in [-0.2, 0) is 15.0 Å². The molecule has 5 heteroatoms. The number of rotatable bonds is 4. The van der Waals surface area contributed by atoms with Gasteiger partial charge in [-0.1, -0.05) is 12.1 Å². The van der Waals surface area contributed by atoms with Crippen molar-refractivity contribution in [1.29, 1.82) is 0 Å². The van der Waals surface area contributed by atoms with Gasteiger partial charge in [0, 0.05) is 33.1 Å². The monoisotopic (exact) mass is 370 g/mol. The molecule has 2 heterocycles. The summed E-state index contributed by atoms with van der Waals surface area (Å²) in [6.07, 6.45) is 5.17. The summed E-state index contributed by atoms with van der Waals surface area (Å²) in [5.74, 6) is 2.58. The predicted octanol–water partition coefficient (Wildman–Crippen LogP) is 2.83. The van der Waals surface area contributed by atoms with Crippen molar-refractivity contribution >= 4 is 11.8 Å². The Morgan fingerprint density at radius 3 is 2.11 bits per heavy atom. The van der Waals surface area contributed by atoms with Gasteiger partial charge in [-0.25, -0.2) is 0 Å². The maximum Gasteiger partial charge on any atom is 0.233 e. The van der Waals surface area contributed by atoms with Crippen molar-refractivity contribution in [3.05, 3.63) is 29.8 Å². The number of nitrogens with zero attached hydrogens (tertiary/aromatic N) is 2. The Hall–Kier alpha value is -2.04. The van der Waals surface area contributed by atoms with E-state index in [4.69, 9.17) is 4.74 Å². The molecule has 4 rings (SSSR count). The van der Waals surface area contributed by atoms with Gasteiger partial charge in [-0.3, -0.25) is 9.59 Å². The maximum atomic E-state index is 13.3. The Balaban J connectivity index is 1.37. The molecule has 3 fully saturated rings. The molecule has 27 heavy (non-hydrogen) atoms. The summed E-state index contributed by atoms with van der Waals surface area (Å²) in [7, 11) is 1.66. The number of benzene rings is 1. The quantitative estimate of drug-likeness (QED) is 0.819. The number of likely N-dealkylation sites (tertiary alicyclic amines) is 2. The first-order valence-electron chi connectivity index (χ1n) is 10.2. The van der Waals surface area contributed by atoms with Crippen LogP contribution in [0.25, 0.3) is 0 Å². The van der Waals surface area contributed by atoms with Crippen LogP contribution in [0.3, 0.4) is 0 Å². The highest BCUT2D eigenvalue weighted by atomic mass is 16.5. The third-order valence-corrected chi connectivity index (χ3v) is 6.97. The molecule has 0 aromatic heterocycles. The minimum atomic E-state index is -0.293. The van der Waals surface area contributed by atoms with Crippen LogP contribution in [0.4, 0.5) is 0 Å². The molecule has 0 N–H and O–H groups in total. The predicted molar refractivity (Wildman–Crippen MR) is 104 cm³/mol. The van der Waals surface area contributed by atoms with Gasteiger partial charge in [-0.05, 0) is 61.6 Å². The van der Waals surface area contributed by atoms with Crippen molar-refractivity contribution in [3.8, 4) is 5.75 Å². The minimum Gasteiger partial charge on any atom is -0.497 e. The molecule has 2 aliphatic heterocycles. The Morgan fingerprint density at radius 2 is 1.56 bits per heavy atom. The fourth-order valence-electron chi connectivity index (χ4n) is 5.01. The highest BCUT2D eigenvalue weighted by Crippen LogP contribution is 2.50. The van der Waals surface area contributed by atoms with Crippen molar-refractivity contribution in [2.24, 2.45) is 11.8 Å². The molecule has 1 unspecified atom stereocenters. The SMILES string of the molecule is COc1ccc(C2(C(=O)N3CCC(C4CCN(C(C)=O)CC4)C3)CC2)cc1. The molecule has 2 saturated heterocycles. The highest BCUT2D eigenvalue weighted by Gasteiger charge is 2.54. The lowest BCUT2D eigenvalue weighted by molar-refractivity contribution is -0.133. The molecule has 5 nitrogen and oxygen atoms in total. The van der Waals surface area contributed by atoms with Gasteiger partial charge in [0.1, 0.15) is 5.75 Å². The Morgan fingerprint density at radius 1 is 0.963 bits per heavy atom. The van der Waals surface area contributed by atoms with Crippen LogP contribution in [-0.4, -0.2) is 54.9 Å². The number of ether oxygens (including phenoxy) is 1. The zero-order valence-corrected chi connectivity index (χ0v) is 16.4. The zero-order chi connectivity index (χ0) is 19.0. The number of hydrogen-bond acceptors (Lipinski definition) is 3. The van der Waals surface area contributed by atoms with E-state index in [1.807, 2.05) is 17.0 Å². The molecule has 1 aliphatic carbocycles. The normalized spacial score (nSPS) is 24.7. The second-order valence-electron chi connectivity index (χ2n) is 8.45. The molecular weight excluding hydrogens is 340 g/mol. The first kappa shape index (κ1) is 18.3. The molecule has 0 bridgehead atoms. The summed E-state index contributed by atoms with van der Waals surface area (Å²) in [6.45, 7) is 5.18. The Labute approximate surface area is 161 Å². The summed E-state index contributed by atoms with van der Waals surface area (Å²) < 4.78 is 5.25. The topological polar surface area (TPSA) is 49.9 Å². The standard InChI is InChI=1S/C22H30N2O3/c1-16(25)23-12-7-17(8-13-23)18-9-14-24(15-18)21(26)22(10-11-22)19-3-5-20(27-2)6-4-19/h3-6,17-18H,7-15H2,1-2H3. The van der Waals surface area contributed by atoms with Gasteiger partial charge in [0.15, 0.2) is 0 Å². The average molecular weight is 370 g/mol. The number of methoxy groups -OCH3 is 1. The van der Waals surface area contributed by atoms with E-state index < -0.39 is 0 Å². The minimum absolute atomic E-state index is 0.187. The second kappa shape index (κ2) is 7.17. The summed E-state index contributed by atoms with van der Waals surface area (Å²) in [4.78, 5) is 28.9. The van der Waals surface area contributed by atoms with Gasteiger partial charge < -0.3 is 14.5 Å². The molecule has 1 saturated carbocycles. The molecule has 1 aromatic carbocycles. The van der Waals surface area contributed by atoms with Crippen LogP contribution in [0.5, 0.6) is 5.75 Å². The third kappa shape index (κ3) is 3.44. The van der Waals surface area contributed by atoms with Gasteiger partial charge in [0.05, 0.1) is 12.5 Å². The van der Waals surface area contributed by atoms with Crippen molar-refractivity contribution in [1.82, 2.24) is 9.80 Å². The summed E-state index contributed by atoms with van der Waals surface area (Å²) >= 11 is 0. The number of carbonyl (C=O) groups excluding carboxylic acids is 2. The fourth-order valence-corrected chi connectivity index (χ4v) is 5.01. The maximum absolute atomic E-state index is 13.3. The van der Waals surface area contributed by atoms with Crippen LogP contribution in [0, 0.1) is 11.8 Å². The van der Waals surface area contributed by atoms with E-state index in [1.165, 1.54) is 0 Å². The number of carbonyl (C=O) groups is 2. The molecule has 2 amide bonds. The van der Waals surface area contributed by atoms with E-state index in [-0.39, 0.29) is 11.3 Å².